The molecule has 0 bridgehead atoms. The third kappa shape index (κ3) is 3.14. The minimum absolute atomic E-state index is 0.0926. The van der Waals surface area contributed by atoms with Crippen molar-refractivity contribution in [1.82, 2.24) is 15.1 Å². The SMILES string of the molecule is CC(=O)N1CCN(C(=O)CC2NCCc3ccccc32)CC1. The van der Waals surface area contributed by atoms with Crippen molar-refractivity contribution in [3.05, 3.63) is 35.4 Å². The van der Waals surface area contributed by atoms with E-state index in [0.717, 1.165) is 13.0 Å². The van der Waals surface area contributed by atoms with Crippen LogP contribution in [0.15, 0.2) is 24.3 Å². The highest BCUT2D eigenvalue weighted by atomic mass is 16.2. The number of nitrogens with zero attached hydrogens (tertiary/aromatic N) is 2. The van der Waals surface area contributed by atoms with Gasteiger partial charge in [-0.25, -0.2) is 0 Å². The lowest BCUT2D eigenvalue weighted by Crippen LogP contribution is -2.50. The maximum Gasteiger partial charge on any atom is 0.224 e. The van der Waals surface area contributed by atoms with Gasteiger partial charge in [-0.05, 0) is 24.1 Å². The lowest BCUT2D eigenvalue weighted by Gasteiger charge is -2.35. The summed E-state index contributed by atoms with van der Waals surface area (Å²) >= 11 is 0. The Morgan fingerprint density at radius 2 is 1.82 bits per heavy atom. The molecule has 2 amide bonds. The second-order valence-electron chi connectivity index (χ2n) is 6.05. The van der Waals surface area contributed by atoms with E-state index < -0.39 is 0 Å². The van der Waals surface area contributed by atoms with E-state index >= 15 is 0 Å². The lowest BCUT2D eigenvalue weighted by atomic mass is 9.92. The zero-order valence-electron chi connectivity index (χ0n) is 13.0. The highest BCUT2D eigenvalue weighted by Gasteiger charge is 2.27. The van der Waals surface area contributed by atoms with Crippen molar-refractivity contribution in [3.63, 3.8) is 0 Å². The topological polar surface area (TPSA) is 52.7 Å². The quantitative estimate of drug-likeness (QED) is 0.885. The fourth-order valence-corrected chi connectivity index (χ4v) is 3.35. The van der Waals surface area contributed by atoms with Crippen LogP contribution < -0.4 is 5.32 Å². The second-order valence-corrected chi connectivity index (χ2v) is 6.05. The molecule has 1 atom stereocenters. The number of benzene rings is 1. The van der Waals surface area contributed by atoms with E-state index in [1.54, 1.807) is 11.8 Å². The first-order valence-corrected chi connectivity index (χ1v) is 7.99. The average Bonchev–Trinajstić information content (AvgIpc) is 2.55. The van der Waals surface area contributed by atoms with Crippen LogP contribution in [0.2, 0.25) is 0 Å². The largest absolute Gasteiger partial charge is 0.339 e. The van der Waals surface area contributed by atoms with Gasteiger partial charge in [-0.2, -0.15) is 0 Å². The molecular formula is C17H23N3O2. The number of carbonyl (C=O) groups is 2. The normalized spacial score (nSPS) is 21.4. The molecule has 2 aliphatic rings. The number of nitrogens with one attached hydrogen (secondary N) is 1. The van der Waals surface area contributed by atoms with Crippen LogP contribution in [0.25, 0.3) is 0 Å². The molecule has 22 heavy (non-hydrogen) atoms. The smallest absolute Gasteiger partial charge is 0.224 e. The summed E-state index contributed by atoms with van der Waals surface area (Å²) in [7, 11) is 0. The van der Waals surface area contributed by atoms with Gasteiger partial charge in [-0.3, -0.25) is 9.59 Å². The van der Waals surface area contributed by atoms with Gasteiger partial charge >= 0.3 is 0 Å². The van der Waals surface area contributed by atoms with Crippen molar-refractivity contribution < 1.29 is 9.59 Å². The first-order valence-electron chi connectivity index (χ1n) is 7.99. The number of amides is 2. The fraction of sp³-hybridized carbons (Fsp3) is 0.529. The molecular weight excluding hydrogens is 278 g/mol. The number of piperazine rings is 1. The first-order chi connectivity index (χ1) is 10.6. The molecule has 1 unspecified atom stereocenters. The van der Waals surface area contributed by atoms with E-state index in [0.29, 0.717) is 32.6 Å². The van der Waals surface area contributed by atoms with Crippen molar-refractivity contribution in [2.45, 2.75) is 25.8 Å². The van der Waals surface area contributed by atoms with Crippen molar-refractivity contribution in [3.8, 4) is 0 Å². The number of carbonyl (C=O) groups excluding carboxylic acids is 2. The van der Waals surface area contributed by atoms with E-state index in [1.807, 2.05) is 11.0 Å². The average molecular weight is 301 g/mol. The van der Waals surface area contributed by atoms with Gasteiger partial charge < -0.3 is 15.1 Å². The Kier molecular flexibility index (Phi) is 4.43. The van der Waals surface area contributed by atoms with Crippen LogP contribution in [0.5, 0.6) is 0 Å². The maximum atomic E-state index is 12.5. The van der Waals surface area contributed by atoms with E-state index in [1.165, 1.54) is 11.1 Å². The second kappa shape index (κ2) is 6.48. The van der Waals surface area contributed by atoms with Crippen LogP contribution in [0.3, 0.4) is 0 Å². The summed E-state index contributed by atoms with van der Waals surface area (Å²) in [5.74, 6) is 0.271. The molecule has 5 nitrogen and oxygen atoms in total. The van der Waals surface area contributed by atoms with Gasteiger partial charge in [0.25, 0.3) is 0 Å². The molecule has 118 valence electrons. The van der Waals surface area contributed by atoms with E-state index in [9.17, 15) is 9.59 Å². The van der Waals surface area contributed by atoms with Gasteiger partial charge in [-0.1, -0.05) is 24.3 Å². The minimum Gasteiger partial charge on any atom is -0.339 e. The van der Waals surface area contributed by atoms with Crippen molar-refractivity contribution in [2.24, 2.45) is 0 Å². The summed E-state index contributed by atoms with van der Waals surface area (Å²) in [5.41, 5.74) is 2.60. The molecule has 0 aromatic heterocycles. The third-order valence-electron chi connectivity index (χ3n) is 4.67. The van der Waals surface area contributed by atoms with Crippen LogP contribution in [0.1, 0.15) is 30.5 Å². The van der Waals surface area contributed by atoms with Gasteiger partial charge in [-0.15, -0.1) is 0 Å². The van der Waals surface area contributed by atoms with Gasteiger partial charge in [0.05, 0.1) is 0 Å². The summed E-state index contributed by atoms with van der Waals surface area (Å²) < 4.78 is 0. The van der Waals surface area contributed by atoms with Crippen LogP contribution in [-0.4, -0.2) is 54.3 Å². The molecule has 5 heteroatoms. The lowest BCUT2D eigenvalue weighted by molar-refractivity contribution is -0.138. The molecule has 0 saturated carbocycles. The highest BCUT2D eigenvalue weighted by Crippen LogP contribution is 2.25. The Hall–Kier alpha value is -1.88. The maximum absolute atomic E-state index is 12.5. The molecule has 1 N–H and O–H groups in total. The molecule has 1 aromatic rings. The number of rotatable bonds is 2. The van der Waals surface area contributed by atoms with E-state index in [2.05, 4.69) is 23.5 Å². The molecule has 2 aliphatic heterocycles. The van der Waals surface area contributed by atoms with Crippen molar-refractivity contribution in [1.29, 1.82) is 0 Å². The monoisotopic (exact) mass is 301 g/mol. The Morgan fingerprint density at radius 1 is 1.14 bits per heavy atom. The predicted octanol–water partition coefficient (Wildman–Crippen LogP) is 0.954. The molecule has 1 fully saturated rings. The zero-order valence-corrected chi connectivity index (χ0v) is 13.0. The first kappa shape index (κ1) is 15.0. The van der Waals surface area contributed by atoms with Crippen LogP contribution in [-0.2, 0) is 16.0 Å². The summed E-state index contributed by atoms with van der Waals surface area (Å²) in [6.45, 7) is 5.10. The van der Waals surface area contributed by atoms with Crippen molar-refractivity contribution in [2.75, 3.05) is 32.7 Å². The molecule has 0 radical (unpaired) electrons. The van der Waals surface area contributed by atoms with Crippen LogP contribution in [0, 0.1) is 0 Å². The summed E-state index contributed by atoms with van der Waals surface area (Å²) in [6.07, 6.45) is 1.52. The molecule has 3 rings (SSSR count). The highest BCUT2D eigenvalue weighted by molar-refractivity contribution is 5.78. The van der Waals surface area contributed by atoms with Gasteiger partial charge in [0, 0.05) is 45.6 Å². The number of hydrogen-bond acceptors (Lipinski definition) is 3. The third-order valence-corrected chi connectivity index (χ3v) is 4.67. The number of hydrogen-bond donors (Lipinski definition) is 1. The predicted molar refractivity (Wildman–Crippen MR) is 84.3 cm³/mol. The zero-order chi connectivity index (χ0) is 15.5. The fourth-order valence-electron chi connectivity index (χ4n) is 3.35. The summed E-state index contributed by atoms with van der Waals surface area (Å²) in [5, 5.41) is 3.46. The van der Waals surface area contributed by atoms with Gasteiger partial charge in [0.1, 0.15) is 0 Å². The summed E-state index contributed by atoms with van der Waals surface area (Å²) in [6, 6.07) is 8.48. The molecule has 0 aliphatic carbocycles. The van der Waals surface area contributed by atoms with Crippen LogP contribution in [0.4, 0.5) is 0 Å². The van der Waals surface area contributed by atoms with Gasteiger partial charge in [0.15, 0.2) is 0 Å². The molecule has 2 heterocycles. The minimum atomic E-state index is 0.0926. The Bertz CT molecular complexity index is 565. The van der Waals surface area contributed by atoms with E-state index in [4.69, 9.17) is 0 Å². The standard InChI is InChI=1S/C17H23N3O2/c1-13(21)19-8-10-20(11-9-19)17(22)12-16-15-5-3-2-4-14(15)6-7-18-16/h2-5,16,18H,6-12H2,1H3. The Balaban J connectivity index is 1.60. The Labute approximate surface area is 131 Å². The number of fused-ring (bicyclic) bond motifs is 1. The Morgan fingerprint density at radius 3 is 2.55 bits per heavy atom. The van der Waals surface area contributed by atoms with E-state index in [-0.39, 0.29) is 17.9 Å². The van der Waals surface area contributed by atoms with Crippen LogP contribution >= 0.6 is 0 Å². The molecule has 1 saturated heterocycles. The van der Waals surface area contributed by atoms with Crippen molar-refractivity contribution >= 4 is 11.8 Å². The molecule has 1 aromatic carbocycles. The van der Waals surface area contributed by atoms with Gasteiger partial charge in [0.2, 0.25) is 11.8 Å². The summed E-state index contributed by atoms with van der Waals surface area (Å²) in [4.78, 5) is 27.6. The molecule has 0 spiro atoms.